The summed E-state index contributed by atoms with van der Waals surface area (Å²) >= 11 is 5.89. The third kappa shape index (κ3) is 1.34. The minimum Gasteiger partial charge on any atom is -0.507 e. The Balaban J connectivity index is 3.39. The van der Waals surface area contributed by atoms with Crippen LogP contribution in [-0.4, -0.2) is 12.2 Å². The minimum absolute atomic E-state index is 0.237. The van der Waals surface area contributed by atoms with Crippen molar-refractivity contribution in [3.05, 3.63) is 22.2 Å². The third-order valence-electron chi connectivity index (χ3n) is 1.84. The van der Waals surface area contributed by atoms with Crippen molar-refractivity contribution >= 4 is 11.6 Å². The highest BCUT2D eigenvalue weighted by Gasteiger charge is 2.10. The van der Waals surface area contributed by atoms with Gasteiger partial charge in [0.2, 0.25) is 0 Å². The SMILES string of the molecule is COc1cc(C)c(O)c(C)c1Cl. The Morgan fingerprint density at radius 3 is 2.50 bits per heavy atom. The van der Waals surface area contributed by atoms with Crippen molar-refractivity contribution in [1.29, 1.82) is 0 Å². The zero-order chi connectivity index (χ0) is 9.30. The number of aromatic hydroxyl groups is 1. The fraction of sp³-hybridized carbons (Fsp3) is 0.333. The number of hydrogen-bond donors (Lipinski definition) is 1. The fourth-order valence-electron chi connectivity index (χ4n) is 1.06. The van der Waals surface area contributed by atoms with Crippen LogP contribution in [0.15, 0.2) is 6.07 Å². The minimum atomic E-state index is 0.237. The molecule has 0 aliphatic rings. The number of hydrogen-bond acceptors (Lipinski definition) is 2. The monoisotopic (exact) mass is 186 g/mol. The fourth-order valence-corrected chi connectivity index (χ4v) is 1.28. The number of phenolic OH excluding ortho intramolecular Hbond substituents is 1. The van der Waals surface area contributed by atoms with Gasteiger partial charge in [0.05, 0.1) is 12.1 Å². The second kappa shape index (κ2) is 3.23. The van der Waals surface area contributed by atoms with E-state index in [0.717, 1.165) is 5.56 Å². The molecule has 0 bridgehead atoms. The zero-order valence-corrected chi connectivity index (χ0v) is 8.07. The average molecular weight is 187 g/mol. The van der Waals surface area contributed by atoms with Crippen LogP contribution in [0.25, 0.3) is 0 Å². The first-order valence-corrected chi connectivity index (χ1v) is 3.98. The number of methoxy groups -OCH3 is 1. The molecule has 1 aromatic carbocycles. The standard InChI is InChI=1S/C9H11ClO2/c1-5-4-7(12-3)8(10)6(2)9(5)11/h4,11H,1-3H3. The quantitative estimate of drug-likeness (QED) is 0.731. The maximum absolute atomic E-state index is 9.47. The van der Waals surface area contributed by atoms with Crippen LogP contribution in [0.3, 0.4) is 0 Å². The Labute approximate surface area is 76.7 Å². The molecule has 0 saturated heterocycles. The van der Waals surface area contributed by atoms with Crippen molar-refractivity contribution in [3.8, 4) is 11.5 Å². The number of halogens is 1. The maximum atomic E-state index is 9.47. The van der Waals surface area contributed by atoms with E-state index in [1.54, 1.807) is 27.0 Å². The molecule has 12 heavy (non-hydrogen) atoms. The first-order valence-electron chi connectivity index (χ1n) is 3.60. The molecule has 2 nitrogen and oxygen atoms in total. The van der Waals surface area contributed by atoms with Crippen molar-refractivity contribution in [1.82, 2.24) is 0 Å². The van der Waals surface area contributed by atoms with Gasteiger partial charge >= 0.3 is 0 Å². The number of benzene rings is 1. The molecule has 0 radical (unpaired) electrons. The van der Waals surface area contributed by atoms with E-state index >= 15 is 0 Å². The molecule has 0 aliphatic carbocycles. The van der Waals surface area contributed by atoms with Gasteiger partial charge in [0.15, 0.2) is 0 Å². The van der Waals surface area contributed by atoms with E-state index in [9.17, 15) is 5.11 Å². The van der Waals surface area contributed by atoms with E-state index in [1.807, 2.05) is 0 Å². The first kappa shape index (κ1) is 9.20. The number of ether oxygens (including phenoxy) is 1. The van der Waals surface area contributed by atoms with Gasteiger partial charge in [-0.25, -0.2) is 0 Å². The molecule has 0 aromatic heterocycles. The summed E-state index contributed by atoms with van der Waals surface area (Å²) in [7, 11) is 1.55. The highest BCUT2D eigenvalue weighted by Crippen LogP contribution is 2.35. The van der Waals surface area contributed by atoms with E-state index in [4.69, 9.17) is 16.3 Å². The molecule has 66 valence electrons. The van der Waals surface area contributed by atoms with Crippen LogP contribution < -0.4 is 4.74 Å². The molecule has 1 aromatic rings. The molecule has 3 heteroatoms. The highest BCUT2D eigenvalue weighted by molar-refractivity contribution is 6.33. The van der Waals surface area contributed by atoms with Gasteiger partial charge in [-0.05, 0) is 25.5 Å². The van der Waals surface area contributed by atoms with Crippen LogP contribution >= 0.6 is 11.6 Å². The predicted octanol–water partition coefficient (Wildman–Crippen LogP) is 2.67. The summed E-state index contributed by atoms with van der Waals surface area (Å²) in [5, 5.41) is 9.94. The van der Waals surface area contributed by atoms with Crippen molar-refractivity contribution in [3.63, 3.8) is 0 Å². The van der Waals surface area contributed by atoms with Crippen LogP contribution in [-0.2, 0) is 0 Å². The van der Waals surface area contributed by atoms with Gasteiger partial charge in [0.1, 0.15) is 11.5 Å². The summed E-state index contributed by atoms with van der Waals surface area (Å²) < 4.78 is 5.02. The molecular weight excluding hydrogens is 176 g/mol. The normalized spacial score (nSPS) is 10.0. The van der Waals surface area contributed by atoms with Crippen molar-refractivity contribution in [2.75, 3.05) is 7.11 Å². The van der Waals surface area contributed by atoms with Gasteiger partial charge in [-0.15, -0.1) is 0 Å². The van der Waals surface area contributed by atoms with Gasteiger partial charge in [0.25, 0.3) is 0 Å². The van der Waals surface area contributed by atoms with Crippen LogP contribution in [0, 0.1) is 13.8 Å². The maximum Gasteiger partial charge on any atom is 0.138 e. The Bertz CT molecular complexity index is 308. The van der Waals surface area contributed by atoms with E-state index in [-0.39, 0.29) is 5.75 Å². The van der Waals surface area contributed by atoms with Crippen molar-refractivity contribution < 1.29 is 9.84 Å². The van der Waals surface area contributed by atoms with Gasteiger partial charge in [-0.2, -0.15) is 0 Å². The van der Waals surface area contributed by atoms with Crippen LogP contribution in [0.4, 0.5) is 0 Å². The Kier molecular flexibility index (Phi) is 2.48. The molecule has 0 fully saturated rings. The summed E-state index contributed by atoms with van der Waals surface area (Å²) in [6, 6.07) is 1.71. The first-order chi connectivity index (χ1) is 5.57. The lowest BCUT2D eigenvalue weighted by Gasteiger charge is -2.09. The van der Waals surface area contributed by atoms with E-state index in [0.29, 0.717) is 16.3 Å². The molecule has 0 amide bonds. The Hall–Kier alpha value is -0.890. The Morgan fingerprint density at radius 1 is 1.42 bits per heavy atom. The summed E-state index contributed by atoms with van der Waals surface area (Å²) in [6.45, 7) is 3.56. The number of rotatable bonds is 1. The number of phenols is 1. The van der Waals surface area contributed by atoms with Crippen LogP contribution in [0.2, 0.25) is 5.02 Å². The molecule has 1 N–H and O–H groups in total. The summed E-state index contributed by atoms with van der Waals surface area (Å²) in [6.07, 6.45) is 0. The third-order valence-corrected chi connectivity index (χ3v) is 2.31. The van der Waals surface area contributed by atoms with E-state index in [1.165, 1.54) is 0 Å². The molecule has 1 rings (SSSR count). The summed E-state index contributed by atoms with van der Waals surface area (Å²) in [5.41, 5.74) is 1.43. The second-order valence-corrected chi connectivity index (χ2v) is 3.06. The topological polar surface area (TPSA) is 29.5 Å². The number of aryl methyl sites for hydroxylation is 1. The molecule has 0 heterocycles. The van der Waals surface area contributed by atoms with E-state index < -0.39 is 0 Å². The Morgan fingerprint density at radius 2 is 2.00 bits per heavy atom. The zero-order valence-electron chi connectivity index (χ0n) is 7.31. The highest BCUT2D eigenvalue weighted by atomic mass is 35.5. The average Bonchev–Trinajstić information content (AvgIpc) is 2.08. The van der Waals surface area contributed by atoms with Crippen LogP contribution in [0.5, 0.6) is 11.5 Å². The lowest BCUT2D eigenvalue weighted by molar-refractivity contribution is 0.410. The predicted molar refractivity (Wildman–Crippen MR) is 49.1 cm³/mol. The largest absolute Gasteiger partial charge is 0.507 e. The van der Waals surface area contributed by atoms with Crippen molar-refractivity contribution in [2.45, 2.75) is 13.8 Å². The van der Waals surface area contributed by atoms with Crippen LogP contribution in [0.1, 0.15) is 11.1 Å². The molecule has 0 spiro atoms. The van der Waals surface area contributed by atoms with Crippen molar-refractivity contribution in [2.24, 2.45) is 0 Å². The molecular formula is C9H11ClO2. The molecule has 0 atom stereocenters. The van der Waals surface area contributed by atoms with Gasteiger partial charge in [-0.3, -0.25) is 0 Å². The summed E-state index contributed by atoms with van der Waals surface area (Å²) in [5.74, 6) is 0.838. The van der Waals surface area contributed by atoms with Gasteiger partial charge in [-0.1, -0.05) is 11.6 Å². The molecule has 0 saturated carbocycles. The lowest BCUT2D eigenvalue weighted by atomic mass is 10.1. The molecule has 0 unspecified atom stereocenters. The lowest BCUT2D eigenvalue weighted by Crippen LogP contribution is -1.89. The second-order valence-electron chi connectivity index (χ2n) is 2.68. The molecule has 0 aliphatic heterocycles. The van der Waals surface area contributed by atoms with Gasteiger partial charge in [0, 0.05) is 5.56 Å². The van der Waals surface area contributed by atoms with E-state index in [2.05, 4.69) is 0 Å². The smallest absolute Gasteiger partial charge is 0.138 e. The van der Waals surface area contributed by atoms with Gasteiger partial charge < -0.3 is 9.84 Å². The summed E-state index contributed by atoms with van der Waals surface area (Å²) in [4.78, 5) is 0.